The summed E-state index contributed by atoms with van der Waals surface area (Å²) in [7, 11) is 0. The zero-order valence-electron chi connectivity index (χ0n) is 8.82. The molecule has 9 nitrogen and oxygen atoms in total. The summed E-state index contributed by atoms with van der Waals surface area (Å²) in [5.74, 6) is -0.919. The van der Waals surface area contributed by atoms with Gasteiger partial charge in [0.05, 0.1) is 16.8 Å². The first-order valence-electron chi connectivity index (χ1n) is 4.72. The molecule has 92 valence electrons. The molecular formula is C9H7N5O4. The number of phenols is 1. The van der Waals surface area contributed by atoms with E-state index in [1.165, 1.54) is 6.20 Å². The average molecular weight is 249 g/mol. The Labute approximate surface area is 99.6 Å². The van der Waals surface area contributed by atoms with Gasteiger partial charge in [-0.1, -0.05) is 0 Å². The van der Waals surface area contributed by atoms with Crippen LogP contribution in [0.25, 0.3) is 0 Å². The normalized spacial score (nSPS) is 10.0. The molecule has 0 spiro atoms. The van der Waals surface area contributed by atoms with E-state index >= 15 is 0 Å². The first kappa shape index (κ1) is 11.5. The topological polar surface area (TPSA) is 134 Å². The fourth-order valence-corrected chi connectivity index (χ4v) is 1.24. The molecular weight excluding hydrogens is 242 g/mol. The molecule has 3 N–H and O–H groups in total. The first-order valence-corrected chi connectivity index (χ1v) is 4.72. The maximum atomic E-state index is 11.6. The lowest BCUT2D eigenvalue weighted by Crippen LogP contribution is -2.12. The summed E-state index contributed by atoms with van der Waals surface area (Å²) >= 11 is 0. The maximum Gasteiger partial charge on any atom is 0.277 e. The number of aromatic hydroxyl groups is 1. The van der Waals surface area contributed by atoms with Crippen LogP contribution in [0, 0.1) is 10.1 Å². The Hall–Kier alpha value is -2.97. The summed E-state index contributed by atoms with van der Waals surface area (Å²) in [5.41, 5.74) is -0.318. The summed E-state index contributed by atoms with van der Waals surface area (Å²) in [6.45, 7) is 0. The number of amides is 1. The third-order valence-electron chi connectivity index (χ3n) is 2.09. The van der Waals surface area contributed by atoms with Gasteiger partial charge in [0.25, 0.3) is 11.6 Å². The van der Waals surface area contributed by atoms with E-state index in [2.05, 4.69) is 20.7 Å². The number of phenolic OH excluding ortho intramolecular Hbond substituents is 1. The summed E-state index contributed by atoms with van der Waals surface area (Å²) < 4.78 is 0. The van der Waals surface area contributed by atoms with Crippen molar-refractivity contribution in [3.63, 3.8) is 0 Å². The number of nitro benzene ring substituents is 1. The van der Waals surface area contributed by atoms with E-state index in [4.69, 9.17) is 0 Å². The number of aromatic amines is 1. The number of hydrogen-bond acceptors (Lipinski definition) is 6. The lowest BCUT2D eigenvalue weighted by Gasteiger charge is -2.05. The summed E-state index contributed by atoms with van der Waals surface area (Å²) in [5, 5.41) is 31.6. The highest BCUT2D eigenvalue weighted by molar-refractivity contribution is 6.03. The highest BCUT2D eigenvalue weighted by Crippen LogP contribution is 2.27. The number of non-ortho nitro benzene ring substituents is 1. The SMILES string of the molecule is O=C(Nc1cc([N+](=O)[O-])ccc1O)c1cn[nH]n1. The van der Waals surface area contributed by atoms with Crippen molar-refractivity contribution in [1.29, 1.82) is 0 Å². The molecule has 0 aliphatic heterocycles. The van der Waals surface area contributed by atoms with Crippen LogP contribution in [-0.2, 0) is 0 Å². The number of carbonyl (C=O) groups is 1. The van der Waals surface area contributed by atoms with Gasteiger partial charge in [-0.25, -0.2) is 0 Å². The van der Waals surface area contributed by atoms with Crippen molar-refractivity contribution >= 4 is 17.3 Å². The second-order valence-electron chi connectivity index (χ2n) is 3.27. The predicted molar refractivity (Wildman–Crippen MR) is 59.1 cm³/mol. The molecule has 1 aromatic carbocycles. The average Bonchev–Trinajstić information content (AvgIpc) is 2.85. The number of aromatic nitrogens is 3. The first-order chi connectivity index (χ1) is 8.58. The monoisotopic (exact) mass is 249 g/mol. The van der Waals surface area contributed by atoms with Gasteiger partial charge < -0.3 is 10.4 Å². The smallest absolute Gasteiger partial charge is 0.277 e. The van der Waals surface area contributed by atoms with E-state index in [1.54, 1.807) is 0 Å². The van der Waals surface area contributed by atoms with Crippen LogP contribution in [0.4, 0.5) is 11.4 Å². The number of benzene rings is 1. The van der Waals surface area contributed by atoms with E-state index < -0.39 is 10.8 Å². The Morgan fingerprint density at radius 1 is 1.50 bits per heavy atom. The van der Waals surface area contributed by atoms with E-state index in [1.807, 2.05) is 0 Å². The molecule has 0 aliphatic carbocycles. The van der Waals surface area contributed by atoms with Crippen molar-refractivity contribution in [2.75, 3.05) is 5.32 Å². The molecule has 0 bridgehead atoms. The molecule has 1 heterocycles. The standard InChI is InChI=1S/C9H7N5O4/c15-8-2-1-5(14(17)18)3-6(8)11-9(16)7-4-10-13-12-7/h1-4,15H,(H,11,16)(H,10,12,13). The molecule has 18 heavy (non-hydrogen) atoms. The Morgan fingerprint density at radius 2 is 2.28 bits per heavy atom. The van der Waals surface area contributed by atoms with E-state index in [-0.39, 0.29) is 22.8 Å². The number of nitro groups is 1. The van der Waals surface area contributed by atoms with Crippen LogP contribution in [0.15, 0.2) is 24.4 Å². The van der Waals surface area contributed by atoms with Crippen LogP contribution in [0.1, 0.15) is 10.5 Å². The van der Waals surface area contributed by atoms with Crippen LogP contribution < -0.4 is 5.32 Å². The highest BCUT2D eigenvalue weighted by atomic mass is 16.6. The minimum absolute atomic E-state index is 0.000839. The lowest BCUT2D eigenvalue weighted by atomic mass is 10.2. The molecule has 0 radical (unpaired) electrons. The van der Waals surface area contributed by atoms with Crippen molar-refractivity contribution in [2.24, 2.45) is 0 Å². The van der Waals surface area contributed by atoms with Gasteiger partial charge in [0.2, 0.25) is 0 Å². The third-order valence-corrected chi connectivity index (χ3v) is 2.09. The predicted octanol–water partition coefficient (Wildman–Crippen LogP) is 0.671. The molecule has 0 aliphatic rings. The zero-order chi connectivity index (χ0) is 13.1. The zero-order valence-corrected chi connectivity index (χ0v) is 8.82. The number of carbonyl (C=O) groups excluding carboxylic acids is 1. The van der Waals surface area contributed by atoms with Crippen molar-refractivity contribution in [3.05, 3.63) is 40.2 Å². The third kappa shape index (κ3) is 2.24. The molecule has 0 saturated heterocycles. The second-order valence-corrected chi connectivity index (χ2v) is 3.27. The molecule has 0 atom stereocenters. The van der Waals surface area contributed by atoms with Gasteiger partial charge in [-0.15, -0.1) is 0 Å². The van der Waals surface area contributed by atoms with Crippen LogP contribution >= 0.6 is 0 Å². The molecule has 9 heteroatoms. The van der Waals surface area contributed by atoms with Gasteiger partial charge in [-0.3, -0.25) is 14.9 Å². The van der Waals surface area contributed by atoms with Crippen molar-refractivity contribution < 1.29 is 14.8 Å². The minimum Gasteiger partial charge on any atom is -0.506 e. The minimum atomic E-state index is -0.639. The number of nitrogens with one attached hydrogen (secondary N) is 2. The summed E-state index contributed by atoms with van der Waals surface area (Å²) in [4.78, 5) is 21.5. The van der Waals surface area contributed by atoms with E-state index in [0.717, 1.165) is 18.2 Å². The van der Waals surface area contributed by atoms with Crippen LogP contribution in [-0.4, -0.2) is 31.3 Å². The molecule has 1 amide bonds. The number of rotatable bonds is 3. The molecule has 2 rings (SSSR count). The Bertz CT molecular complexity index is 595. The molecule has 0 unspecified atom stereocenters. The Balaban J connectivity index is 2.26. The summed E-state index contributed by atoms with van der Waals surface area (Å²) in [6, 6.07) is 3.30. The Kier molecular flexibility index (Phi) is 2.87. The fraction of sp³-hybridized carbons (Fsp3) is 0. The largest absolute Gasteiger partial charge is 0.506 e. The van der Waals surface area contributed by atoms with Crippen molar-refractivity contribution in [1.82, 2.24) is 15.4 Å². The summed E-state index contributed by atoms with van der Waals surface area (Å²) in [6.07, 6.45) is 1.18. The van der Waals surface area contributed by atoms with Crippen LogP contribution in [0.2, 0.25) is 0 Å². The number of H-pyrrole nitrogens is 1. The molecule has 2 aromatic rings. The van der Waals surface area contributed by atoms with Crippen LogP contribution in [0.3, 0.4) is 0 Å². The molecule has 1 aromatic heterocycles. The van der Waals surface area contributed by atoms with Gasteiger partial charge in [-0.2, -0.15) is 15.4 Å². The Morgan fingerprint density at radius 3 is 2.89 bits per heavy atom. The van der Waals surface area contributed by atoms with Gasteiger partial charge >= 0.3 is 0 Å². The van der Waals surface area contributed by atoms with E-state index in [9.17, 15) is 20.0 Å². The van der Waals surface area contributed by atoms with Crippen LogP contribution in [0.5, 0.6) is 5.75 Å². The number of anilines is 1. The second kappa shape index (κ2) is 4.49. The van der Waals surface area contributed by atoms with Crippen molar-refractivity contribution in [2.45, 2.75) is 0 Å². The lowest BCUT2D eigenvalue weighted by molar-refractivity contribution is -0.384. The van der Waals surface area contributed by atoms with Gasteiger partial charge in [0.1, 0.15) is 5.75 Å². The van der Waals surface area contributed by atoms with E-state index in [0.29, 0.717) is 0 Å². The number of hydrogen-bond donors (Lipinski definition) is 3. The van der Waals surface area contributed by atoms with Gasteiger partial charge in [0, 0.05) is 12.1 Å². The van der Waals surface area contributed by atoms with Gasteiger partial charge in [-0.05, 0) is 6.07 Å². The number of nitrogens with zero attached hydrogens (tertiary/aromatic N) is 3. The quantitative estimate of drug-likeness (QED) is 0.415. The van der Waals surface area contributed by atoms with Crippen molar-refractivity contribution in [3.8, 4) is 5.75 Å². The maximum absolute atomic E-state index is 11.6. The fourth-order valence-electron chi connectivity index (χ4n) is 1.24. The highest BCUT2D eigenvalue weighted by Gasteiger charge is 2.14. The van der Waals surface area contributed by atoms with Gasteiger partial charge in [0.15, 0.2) is 5.69 Å². The molecule has 0 saturated carbocycles. The molecule has 0 fully saturated rings.